The van der Waals surface area contributed by atoms with E-state index >= 15 is 0 Å². The molecule has 0 aromatic carbocycles. The summed E-state index contributed by atoms with van der Waals surface area (Å²) in [5.74, 6) is 0.0685. The third-order valence-corrected chi connectivity index (χ3v) is 4.52. The van der Waals surface area contributed by atoms with Gasteiger partial charge in [-0.05, 0) is 51.4 Å². The van der Waals surface area contributed by atoms with Gasteiger partial charge in [0.15, 0.2) is 6.54 Å². The Morgan fingerprint density at radius 2 is 1.63 bits per heavy atom. The van der Waals surface area contributed by atoms with Crippen molar-refractivity contribution in [2.75, 3.05) is 19.6 Å². The van der Waals surface area contributed by atoms with Crippen molar-refractivity contribution in [2.45, 2.75) is 63.3 Å². The van der Waals surface area contributed by atoms with Crippen molar-refractivity contribution >= 4 is 5.91 Å². The standard InChI is InChI=1S/C15H25N3O/c16-13-15(8-4-5-9-15)17-14(19)12-18-10-6-2-1-3-7-11-18/h1-12H2,(H,17,19)/p+1. The first-order valence-corrected chi connectivity index (χ1v) is 7.80. The monoisotopic (exact) mass is 264 g/mol. The molecule has 106 valence electrons. The van der Waals surface area contributed by atoms with Crippen molar-refractivity contribution in [3.05, 3.63) is 0 Å². The van der Waals surface area contributed by atoms with Crippen LogP contribution in [-0.4, -0.2) is 31.1 Å². The molecule has 0 bridgehead atoms. The van der Waals surface area contributed by atoms with Crippen LogP contribution < -0.4 is 10.2 Å². The van der Waals surface area contributed by atoms with Crippen LogP contribution in [-0.2, 0) is 4.79 Å². The Morgan fingerprint density at radius 1 is 1.05 bits per heavy atom. The van der Waals surface area contributed by atoms with Crippen LogP contribution in [0.5, 0.6) is 0 Å². The van der Waals surface area contributed by atoms with Gasteiger partial charge in [0.1, 0.15) is 5.54 Å². The molecule has 2 rings (SSSR count). The summed E-state index contributed by atoms with van der Waals surface area (Å²) in [5.41, 5.74) is -0.556. The number of likely N-dealkylation sites (tertiary alicyclic amines) is 1. The molecule has 2 fully saturated rings. The maximum absolute atomic E-state index is 12.1. The number of nitriles is 1. The first-order valence-electron chi connectivity index (χ1n) is 7.80. The number of amides is 1. The molecule has 2 aliphatic rings. The van der Waals surface area contributed by atoms with Crippen LogP contribution in [0.2, 0.25) is 0 Å². The summed E-state index contributed by atoms with van der Waals surface area (Å²) in [6.07, 6.45) is 10.2. The number of quaternary nitrogens is 1. The summed E-state index contributed by atoms with van der Waals surface area (Å²) in [5, 5.41) is 12.3. The van der Waals surface area contributed by atoms with Gasteiger partial charge in [-0.15, -0.1) is 0 Å². The zero-order chi connectivity index (χ0) is 13.6. The van der Waals surface area contributed by atoms with E-state index in [1.54, 1.807) is 0 Å². The van der Waals surface area contributed by atoms with E-state index in [9.17, 15) is 10.1 Å². The van der Waals surface area contributed by atoms with Gasteiger partial charge >= 0.3 is 0 Å². The summed E-state index contributed by atoms with van der Waals surface area (Å²) in [7, 11) is 0. The Labute approximate surface area is 116 Å². The van der Waals surface area contributed by atoms with Crippen LogP contribution in [0, 0.1) is 11.3 Å². The second-order valence-electron chi connectivity index (χ2n) is 6.14. The molecule has 1 aliphatic carbocycles. The fraction of sp³-hybridized carbons (Fsp3) is 0.867. The molecule has 4 heteroatoms. The molecule has 0 spiro atoms. The van der Waals surface area contributed by atoms with Gasteiger partial charge in [-0.3, -0.25) is 4.79 Å². The van der Waals surface area contributed by atoms with Gasteiger partial charge in [0.25, 0.3) is 5.91 Å². The molecule has 1 saturated heterocycles. The highest BCUT2D eigenvalue weighted by Gasteiger charge is 2.36. The molecule has 0 atom stereocenters. The molecule has 1 saturated carbocycles. The Kier molecular flexibility index (Phi) is 5.21. The molecule has 1 aliphatic heterocycles. The van der Waals surface area contributed by atoms with Crippen LogP contribution in [0.3, 0.4) is 0 Å². The first-order chi connectivity index (χ1) is 9.24. The number of hydrogen-bond acceptors (Lipinski definition) is 2. The largest absolute Gasteiger partial charge is 0.333 e. The molecular formula is C15H26N3O+. The maximum Gasteiger partial charge on any atom is 0.276 e. The lowest BCUT2D eigenvalue weighted by Crippen LogP contribution is -3.13. The minimum atomic E-state index is -0.556. The summed E-state index contributed by atoms with van der Waals surface area (Å²) in [6.45, 7) is 2.75. The number of hydrogen-bond donors (Lipinski definition) is 2. The minimum absolute atomic E-state index is 0.0685. The molecule has 0 radical (unpaired) electrons. The summed E-state index contributed by atoms with van der Waals surface area (Å²) < 4.78 is 0. The van der Waals surface area contributed by atoms with Crippen molar-refractivity contribution in [3.63, 3.8) is 0 Å². The normalized spacial score (nSPS) is 24.2. The fourth-order valence-electron chi connectivity index (χ4n) is 3.36. The van der Waals surface area contributed by atoms with Crippen molar-refractivity contribution in [1.29, 1.82) is 5.26 Å². The Bertz CT molecular complexity index is 334. The maximum atomic E-state index is 12.1. The second-order valence-corrected chi connectivity index (χ2v) is 6.14. The zero-order valence-electron chi connectivity index (χ0n) is 11.8. The van der Waals surface area contributed by atoms with Crippen LogP contribution in [0.1, 0.15) is 57.8 Å². The summed E-state index contributed by atoms with van der Waals surface area (Å²) in [6, 6.07) is 2.33. The van der Waals surface area contributed by atoms with Gasteiger partial charge in [0.05, 0.1) is 19.2 Å². The van der Waals surface area contributed by atoms with Crippen molar-refractivity contribution in [3.8, 4) is 6.07 Å². The molecule has 4 nitrogen and oxygen atoms in total. The van der Waals surface area contributed by atoms with E-state index in [1.165, 1.54) is 37.0 Å². The van der Waals surface area contributed by atoms with E-state index in [0.29, 0.717) is 6.54 Å². The highest BCUT2D eigenvalue weighted by Crippen LogP contribution is 2.28. The minimum Gasteiger partial charge on any atom is -0.333 e. The topological polar surface area (TPSA) is 57.3 Å². The van der Waals surface area contributed by atoms with E-state index in [1.807, 2.05) is 0 Å². The highest BCUT2D eigenvalue weighted by atomic mass is 16.2. The summed E-state index contributed by atoms with van der Waals surface area (Å²) >= 11 is 0. The lowest BCUT2D eigenvalue weighted by Gasteiger charge is -2.25. The third kappa shape index (κ3) is 4.21. The predicted molar refractivity (Wildman–Crippen MR) is 73.6 cm³/mol. The molecular weight excluding hydrogens is 238 g/mol. The van der Waals surface area contributed by atoms with Gasteiger partial charge < -0.3 is 10.2 Å². The number of carbonyl (C=O) groups is 1. The SMILES string of the molecule is N#CC1(NC(=O)C[NH+]2CCCCCCC2)CCCC1. The summed E-state index contributed by atoms with van der Waals surface area (Å²) in [4.78, 5) is 13.5. The fourth-order valence-corrected chi connectivity index (χ4v) is 3.36. The molecule has 0 aromatic rings. The second kappa shape index (κ2) is 6.91. The molecule has 19 heavy (non-hydrogen) atoms. The smallest absolute Gasteiger partial charge is 0.276 e. The van der Waals surface area contributed by atoms with E-state index in [-0.39, 0.29) is 5.91 Å². The Morgan fingerprint density at radius 3 is 2.21 bits per heavy atom. The van der Waals surface area contributed by atoms with E-state index in [4.69, 9.17) is 0 Å². The lowest BCUT2D eigenvalue weighted by atomic mass is 10.00. The van der Waals surface area contributed by atoms with Crippen LogP contribution in [0.4, 0.5) is 0 Å². The molecule has 0 unspecified atom stereocenters. The third-order valence-electron chi connectivity index (χ3n) is 4.52. The number of nitrogens with zero attached hydrogens (tertiary/aromatic N) is 1. The van der Waals surface area contributed by atoms with Crippen molar-refractivity contribution < 1.29 is 9.69 Å². The lowest BCUT2D eigenvalue weighted by molar-refractivity contribution is -0.893. The van der Waals surface area contributed by atoms with Crippen LogP contribution in [0.15, 0.2) is 0 Å². The Balaban J connectivity index is 1.81. The Hall–Kier alpha value is -1.08. The van der Waals surface area contributed by atoms with Gasteiger partial charge in [-0.25, -0.2) is 0 Å². The van der Waals surface area contributed by atoms with Gasteiger partial charge in [0, 0.05) is 0 Å². The molecule has 1 amide bonds. The molecule has 2 N–H and O–H groups in total. The van der Waals surface area contributed by atoms with Crippen molar-refractivity contribution in [1.82, 2.24) is 5.32 Å². The average molecular weight is 264 g/mol. The van der Waals surface area contributed by atoms with Gasteiger partial charge in [-0.1, -0.05) is 6.42 Å². The quantitative estimate of drug-likeness (QED) is 0.792. The zero-order valence-corrected chi connectivity index (χ0v) is 11.8. The molecule has 0 aromatic heterocycles. The van der Waals surface area contributed by atoms with Crippen LogP contribution >= 0.6 is 0 Å². The molecule has 1 heterocycles. The van der Waals surface area contributed by atoms with Crippen molar-refractivity contribution in [2.24, 2.45) is 0 Å². The number of rotatable bonds is 3. The van der Waals surface area contributed by atoms with E-state index < -0.39 is 5.54 Å². The first kappa shape index (κ1) is 14.3. The van der Waals surface area contributed by atoms with E-state index in [2.05, 4.69) is 11.4 Å². The number of carbonyl (C=O) groups excluding carboxylic acids is 1. The average Bonchev–Trinajstić information content (AvgIpc) is 2.81. The van der Waals surface area contributed by atoms with Gasteiger partial charge in [-0.2, -0.15) is 5.26 Å². The van der Waals surface area contributed by atoms with Crippen LogP contribution in [0.25, 0.3) is 0 Å². The predicted octanol–water partition coefficient (Wildman–Crippen LogP) is 0.788. The number of nitrogens with one attached hydrogen (secondary N) is 2. The van der Waals surface area contributed by atoms with E-state index in [0.717, 1.165) is 38.8 Å². The highest BCUT2D eigenvalue weighted by molar-refractivity contribution is 5.78. The van der Waals surface area contributed by atoms with Gasteiger partial charge in [0.2, 0.25) is 0 Å².